The quantitative estimate of drug-likeness (QED) is 0.860. The second kappa shape index (κ2) is 5.93. The molecule has 1 amide bonds. The number of thiazole rings is 1. The number of carbonyl (C=O) groups is 1. The van der Waals surface area contributed by atoms with Crippen molar-refractivity contribution in [2.24, 2.45) is 11.3 Å². The van der Waals surface area contributed by atoms with Gasteiger partial charge in [0.2, 0.25) is 5.91 Å². The van der Waals surface area contributed by atoms with Crippen molar-refractivity contribution < 1.29 is 4.79 Å². The number of pyridine rings is 1. The monoisotopic (exact) mass is 342 g/mol. The molecule has 5 nitrogen and oxygen atoms in total. The number of hydrogen-bond donors (Lipinski definition) is 0. The molecule has 24 heavy (non-hydrogen) atoms. The first-order valence-electron chi connectivity index (χ1n) is 8.44. The Morgan fingerprint density at radius 3 is 3.04 bits per heavy atom. The van der Waals surface area contributed by atoms with Gasteiger partial charge in [0.25, 0.3) is 0 Å². The van der Waals surface area contributed by atoms with Crippen LogP contribution in [0, 0.1) is 18.3 Å². The van der Waals surface area contributed by atoms with Gasteiger partial charge in [-0.15, -0.1) is 11.3 Å². The van der Waals surface area contributed by atoms with Crippen molar-refractivity contribution in [3.8, 4) is 0 Å². The summed E-state index contributed by atoms with van der Waals surface area (Å²) in [6.45, 7) is 7.68. The zero-order chi connectivity index (χ0) is 16.7. The molecule has 0 radical (unpaired) electrons. The molecule has 0 bridgehead atoms. The fraction of sp³-hybridized carbons (Fsp3) is 0.500. The summed E-state index contributed by atoms with van der Waals surface area (Å²) in [5, 5.41) is 3.23. The fourth-order valence-electron chi connectivity index (χ4n) is 4.16. The van der Waals surface area contributed by atoms with Crippen molar-refractivity contribution in [2.75, 3.05) is 24.5 Å². The molecule has 1 spiro atoms. The van der Waals surface area contributed by atoms with Crippen LogP contribution >= 0.6 is 11.3 Å². The molecule has 2 fully saturated rings. The average Bonchev–Trinajstić information content (AvgIpc) is 3.22. The summed E-state index contributed by atoms with van der Waals surface area (Å²) in [5.41, 5.74) is 1.79. The zero-order valence-electron chi connectivity index (χ0n) is 14.1. The summed E-state index contributed by atoms with van der Waals surface area (Å²) >= 11 is 1.69. The third kappa shape index (κ3) is 2.54. The van der Waals surface area contributed by atoms with Crippen LogP contribution in [0.25, 0.3) is 0 Å². The predicted molar refractivity (Wildman–Crippen MR) is 94.9 cm³/mol. The van der Waals surface area contributed by atoms with Gasteiger partial charge in [0, 0.05) is 37.8 Å². The SMILES string of the molecule is Cc1nc(CN2C[C@@H](C)[C@@]3(CCN(c4cccnc4)C3=O)C2)cs1. The van der Waals surface area contributed by atoms with Crippen LogP contribution in [0.1, 0.15) is 24.0 Å². The summed E-state index contributed by atoms with van der Waals surface area (Å²) < 4.78 is 0. The van der Waals surface area contributed by atoms with E-state index in [0.29, 0.717) is 5.92 Å². The Balaban J connectivity index is 1.52. The summed E-state index contributed by atoms with van der Waals surface area (Å²) in [4.78, 5) is 26.2. The molecule has 0 unspecified atom stereocenters. The number of hydrogen-bond acceptors (Lipinski definition) is 5. The lowest BCUT2D eigenvalue weighted by atomic mass is 9.78. The van der Waals surface area contributed by atoms with E-state index in [1.807, 2.05) is 24.0 Å². The first-order valence-corrected chi connectivity index (χ1v) is 9.32. The van der Waals surface area contributed by atoms with Crippen LogP contribution < -0.4 is 4.90 Å². The molecule has 0 aromatic carbocycles. The summed E-state index contributed by atoms with van der Waals surface area (Å²) in [6, 6.07) is 3.86. The van der Waals surface area contributed by atoms with E-state index in [1.165, 1.54) is 0 Å². The van der Waals surface area contributed by atoms with Gasteiger partial charge in [-0.25, -0.2) is 4.98 Å². The van der Waals surface area contributed by atoms with Crippen LogP contribution in [-0.2, 0) is 11.3 Å². The lowest BCUT2D eigenvalue weighted by molar-refractivity contribution is -0.126. The van der Waals surface area contributed by atoms with Crippen molar-refractivity contribution >= 4 is 22.9 Å². The number of aryl methyl sites for hydroxylation is 1. The van der Waals surface area contributed by atoms with Crippen molar-refractivity contribution in [2.45, 2.75) is 26.8 Å². The Kier molecular flexibility index (Phi) is 3.89. The van der Waals surface area contributed by atoms with Crippen molar-refractivity contribution in [3.63, 3.8) is 0 Å². The van der Waals surface area contributed by atoms with Gasteiger partial charge in [0.15, 0.2) is 0 Å². The highest BCUT2D eigenvalue weighted by Gasteiger charge is 2.55. The first-order chi connectivity index (χ1) is 11.6. The van der Waals surface area contributed by atoms with E-state index in [1.54, 1.807) is 23.7 Å². The largest absolute Gasteiger partial charge is 0.310 e. The van der Waals surface area contributed by atoms with E-state index in [9.17, 15) is 4.79 Å². The molecule has 2 saturated heterocycles. The Bertz CT molecular complexity index is 746. The molecule has 2 aromatic heterocycles. The Morgan fingerprint density at radius 1 is 1.46 bits per heavy atom. The van der Waals surface area contributed by atoms with Crippen LogP contribution in [0.3, 0.4) is 0 Å². The number of aromatic nitrogens is 2. The van der Waals surface area contributed by atoms with Crippen molar-refractivity contribution in [3.05, 3.63) is 40.6 Å². The molecule has 2 atom stereocenters. The normalized spacial score (nSPS) is 27.5. The number of rotatable bonds is 3. The topological polar surface area (TPSA) is 49.3 Å². The molecule has 6 heteroatoms. The molecular formula is C18H22N4OS. The number of anilines is 1. The summed E-state index contributed by atoms with van der Waals surface area (Å²) in [6.07, 6.45) is 4.45. The maximum absolute atomic E-state index is 13.2. The number of nitrogens with zero attached hydrogens (tertiary/aromatic N) is 4. The highest BCUT2D eigenvalue weighted by atomic mass is 32.1. The zero-order valence-corrected chi connectivity index (χ0v) is 14.9. The van der Waals surface area contributed by atoms with E-state index < -0.39 is 0 Å². The van der Waals surface area contributed by atoms with E-state index in [2.05, 4.69) is 27.2 Å². The van der Waals surface area contributed by atoms with Gasteiger partial charge in [-0.05, 0) is 31.4 Å². The molecule has 4 rings (SSSR count). The van der Waals surface area contributed by atoms with Crippen LogP contribution in [0.15, 0.2) is 29.9 Å². The van der Waals surface area contributed by atoms with Crippen LogP contribution in [0.4, 0.5) is 5.69 Å². The molecule has 0 aliphatic carbocycles. The van der Waals surface area contributed by atoms with Gasteiger partial charge in [-0.2, -0.15) is 0 Å². The number of amides is 1. The Labute approximate surface area is 146 Å². The number of carbonyl (C=O) groups excluding carboxylic acids is 1. The molecule has 2 aliphatic rings. The number of likely N-dealkylation sites (tertiary alicyclic amines) is 1. The lowest BCUT2D eigenvalue weighted by Crippen LogP contribution is -2.39. The summed E-state index contributed by atoms with van der Waals surface area (Å²) in [5.74, 6) is 0.631. The van der Waals surface area contributed by atoms with Gasteiger partial charge < -0.3 is 4.90 Å². The highest BCUT2D eigenvalue weighted by Crippen LogP contribution is 2.46. The molecule has 2 aromatic rings. The Hall–Kier alpha value is -1.79. The third-order valence-corrected chi connectivity index (χ3v) is 6.27. The minimum absolute atomic E-state index is 0.249. The van der Waals surface area contributed by atoms with Crippen molar-refractivity contribution in [1.29, 1.82) is 0 Å². The smallest absolute Gasteiger partial charge is 0.234 e. The first kappa shape index (κ1) is 15.7. The lowest BCUT2D eigenvalue weighted by Gasteiger charge is -2.26. The molecule has 126 valence electrons. The predicted octanol–water partition coefficient (Wildman–Crippen LogP) is 2.72. The van der Waals surface area contributed by atoms with Crippen LogP contribution in [0.5, 0.6) is 0 Å². The van der Waals surface area contributed by atoms with Gasteiger partial charge in [-0.3, -0.25) is 14.7 Å². The molecular weight excluding hydrogens is 320 g/mol. The van der Waals surface area contributed by atoms with Crippen LogP contribution in [0.2, 0.25) is 0 Å². The minimum Gasteiger partial charge on any atom is -0.310 e. The minimum atomic E-state index is -0.249. The van der Waals surface area contributed by atoms with E-state index in [0.717, 1.165) is 49.0 Å². The van der Waals surface area contributed by atoms with E-state index >= 15 is 0 Å². The average molecular weight is 342 g/mol. The molecule has 0 saturated carbocycles. The maximum atomic E-state index is 13.2. The maximum Gasteiger partial charge on any atom is 0.234 e. The molecule has 0 N–H and O–H groups in total. The van der Waals surface area contributed by atoms with E-state index in [-0.39, 0.29) is 11.3 Å². The van der Waals surface area contributed by atoms with Gasteiger partial charge in [0.05, 0.1) is 28.0 Å². The van der Waals surface area contributed by atoms with E-state index in [4.69, 9.17) is 0 Å². The van der Waals surface area contributed by atoms with Gasteiger partial charge in [-0.1, -0.05) is 6.92 Å². The van der Waals surface area contributed by atoms with Gasteiger partial charge >= 0.3 is 0 Å². The standard InChI is InChI=1S/C18H22N4OS/c1-13-9-21(10-15-11-24-14(2)20-15)12-18(13)5-7-22(17(18)23)16-4-3-6-19-8-16/h3-4,6,8,11,13H,5,7,9-10,12H2,1-2H3/t13-,18-/m1/s1. The fourth-order valence-corrected chi connectivity index (χ4v) is 4.77. The van der Waals surface area contributed by atoms with Crippen molar-refractivity contribution in [1.82, 2.24) is 14.9 Å². The molecule has 2 aliphatic heterocycles. The third-order valence-electron chi connectivity index (χ3n) is 5.44. The second-order valence-electron chi connectivity index (χ2n) is 7.00. The highest BCUT2D eigenvalue weighted by molar-refractivity contribution is 7.09. The van der Waals surface area contributed by atoms with Gasteiger partial charge in [0.1, 0.15) is 0 Å². The van der Waals surface area contributed by atoms with Crippen LogP contribution in [-0.4, -0.2) is 40.4 Å². The Morgan fingerprint density at radius 2 is 2.33 bits per heavy atom. The summed E-state index contributed by atoms with van der Waals surface area (Å²) in [7, 11) is 0. The molecule has 4 heterocycles. The second-order valence-corrected chi connectivity index (χ2v) is 8.06.